The number of halogens is 2. The molecule has 2 rings (SSSR count). The van der Waals surface area contributed by atoms with Crippen LogP contribution in [0, 0.1) is 0 Å². The van der Waals surface area contributed by atoms with E-state index < -0.39 is 17.9 Å². The van der Waals surface area contributed by atoms with E-state index >= 15 is 0 Å². The fourth-order valence-electron chi connectivity index (χ4n) is 2.10. The van der Waals surface area contributed by atoms with Gasteiger partial charge in [0, 0.05) is 10.0 Å². The summed E-state index contributed by atoms with van der Waals surface area (Å²) in [5.74, 6) is -2.62. The second-order valence-electron chi connectivity index (χ2n) is 5.41. The van der Waals surface area contributed by atoms with Crippen molar-refractivity contribution in [3.8, 4) is 0 Å². The second-order valence-corrected chi connectivity index (χ2v) is 6.28. The molecule has 0 heterocycles. The van der Waals surface area contributed by atoms with Gasteiger partial charge >= 0.3 is 17.9 Å². The molecule has 0 radical (unpaired) electrons. The average molecular weight is 427 g/mol. The van der Waals surface area contributed by atoms with Crippen molar-refractivity contribution in [2.24, 2.45) is 0 Å². The van der Waals surface area contributed by atoms with Crippen molar-refractivity contribution < 1.29 is 28.6 Å². The molecule has 0 saturated carbocycles. The second kappa shape index (κ2) is 12.0. The number of carbonyl (C=O) groups is 3. The first-order valence-corrected chi connectivity index (χ1v) is 8.80. The maximum Gasteiger partial charge on any atom is 0.324 e. The molecule has 0 fully saturated rings. The Labute approximate surface area is 173 Å². The number of hydrogen-bond acceptors (Lipinski definition) is 6. The Balaban J connectivity index is 0.000000292. The molecule has 0 atom stereocenters. The minimum absolute atomic E-state index is 0.239. The van der Waals surface area contributed by atoms with Crippen LogP contribution < -0.4 is 0 Å². The fourth-order valence-corrected chi connectivity index (χ4v) is 2.35. The highest BCUT2D eigenvalue weighted by Crippen LogP contribution is 2.21. The van der Waals surface area contributed by atoms with E-state index in [4.69, 9.17) is 23.2 Å². The standard InChI is InChI=1S/C11H11ClO4.C9H9ClO2/c1-15-10(13)9(11(14)16-2)7-3-5-8(12)6-4-7;1-12-9(11)6-7-2-4-8(10)5-3-7/h3-6,9H,1-2H3;2-5H,6H2,1H3. The van der Waals surface area contributed by atoms with E-state index in [0.717, 1.165) is 5.56 Å². The molecule has 2 aromatic carbocycles. The number of ether oxygens (including phenoxy) is 3. The molecule has 0 aliphatic heterocycles. The zero-order valence-corrected chi connectivity index (χ0v) is 17.1. The lowest BCUT2D eigenvalue weighted by atomic mass is 9.99. The van der Waals surface area contributed by atoms with Crippen LogP contribution in [0.4, 0.5) is 0 Å². The summed E-state index contributed by atoms with van der Waals surface area (Å²) in [5.41, 5.74) is 1.40. The Kier molecular flexibility index (Phi) is 10.1. The molecule has 0 amide bonds. The third-order valence-electron chi connectivity index (χ3n) is 3.57. The number of rotatable bonds is 5. The third-order valence-corrected chi connectivity index (χ3v) is 4.07. The van der Waals surface area contributed by atoms with Gasteiger partial charge in [0.1, 0.15) is 0 Å². The van der Waals surface area contributed by atoms with Gasteiger partial charge in [0.05, 0.1) is 27.8 Å². The normalized spacial score (nSPS) is 9.79. The molecule has 28 heavy (non-hydrogen) atoms. The molecule has 2 aromatic rings. The zero-order chi connectivity index (χ0) is 21.1. The number of esters is 3. The third kappa shape index (κ3) is 7.58. The summed E-state index contributed by atoms with van der Waals surface area (Å²) in [7, 11) is 3.81. The van der Waals surface area contributed by atoms with Crippen LogP contribution in [0.1, 0.15) is 17.0 Å². The smallest absolute Gasteiger partial charge is 0.324 e. The molecule has 0 bridgehead atoms. The van der Waals surface area contributed by atoms with Gasteiger partial charge in [-0.15, -0.1) is 0 Å². The molecule has 0 spiro atoms. The van der Waals surface area contributed by atoms with Crippen molar-refractivity contribution in [1.82, 2.24) is 0 Å². The first-order chi connectivity index (χ1) is 13.3. The van der Waals surface area contributed by atoms with E-state index in [0.29, 0.717) is 22.0 Å². The van der Waals surface area contributed by atoms with Gasteiger partial charge in [0.2, 0.25) is 0 Å². The molecule has 0 aromatic heterocycles. The van der Waals surface area contributed by atoms with E-state index in [9.17, 15) is 14.4 Å². The SMILES string of the molecule is COC(=O)C(C(=O)OC)c1ccc(Cl)cc1.COC(=O)Cc1ccc(Cl)cc1. The van der Waals surface area contributed by atoms with Crippen molar-refractivity contribution in [1.29, 1.82) is 0 Å². The van der Waals surface area contributed by atoms with E-state index in [2.05, 4.69) is 14.2 Å². The van der Waals surface area contributed by atoms with Gasteiger partial charge in [0.15, 0.2) is 5.92 Å². The summed E-state index contributed by atoms with van der Waals surface area (Å²) in [6.07, 6.45) is 0.299. The summed E-state index contributed by atoms with van der Waals surface area (Å²) >= 11 is 11.4. The molecule has 0 aliphatic carbocycles. The van der Waals surface area contributed by atoms with Gasteiger partial charge in [0.25, 0.3) is 0 Å². The molecule has 8 heteroatoms. The van der Waals surface area contributed by atoms with Gasteiger partial charge in [-0.25, -0.2) is 0 Å². The molecule has 0 saturated heterocycles. The summed E-state index contributed by atoms with van der Waals surface area (Å²) in [5, 5.41) is 1.20. The highest BCUT2D eigenvalue weighted by Gasteiger charge is 2.30. The molecule has 150 valence electrons. The van der Waals surface area contributed by atoms with E-state index in [1.165, 1.54) is 21.3 Å². The van der Waals surface area contributed by atoms with Crippen molar-refractivity contribution in [3.05, 3.63) is 69.7 Å². The van der Waals surface area contributed by atoms with Crippen molar-refractivity contribution in [3.63, 3.8) is 0 Å². The van der Waals surface area contributed by atoms with Crippen LogP contribution in [0.25, 0.3) is 0 Å². The molecular weight excluding hydrogens is 407 g/mol. The van der Waals surface area contributed by atoms with Crippen LogP contribution in [0.15, 0.2) is 48.5 Å². The number of benzene rings is 2. The summed E-state index contributed by atoms with van der Waals surface area (Å²) < 4.78 is 13.6. The van der Waals surface area contributed by atoms with Gasteiger partial charge in [-0.2, -0.15) is 0 Å². The Morgan fingerprint density at radius 2 is 1.18 bits per heavy atom. The fraction of sp³-hybridized carbons (Fsp3) is 0.250. The van der Waals surface area contributed by atoms with Crippen molar-refractivity contribution in [2.45, 2.75) is 12.3 Å². The molecule has 0 aliphatic rings. The first kappa shape index (κ1) is 23.5. The van der Waals surface area contributed by atoms with Crippen molar-refractivity contribution >= 4 is 41.1 Å². The predicted molar refractivity (Wildman–Crippen MR) is 105 cm³/mol. The highest BCUT2D eigenvalue weighted by molar-refractivity contribution is 6.30. The van der Waals surface area contributed by atoms with Crippen LogP contribution in [0.3, 0.4) is 0 Å². The van der Waals surface area contributed by atoms with Gasteiger partial charge in [-0.05, 0) is 35.4 Å². The number of methoxy groups -OCH3 is 3. The lowest BCUT2D eigenvalue weighted by Gasteiger charge is -2.12. The Morgan fingerprint density at radius 1 is 0.750 bits per heavy atom. The van der Waals surface area contributed by atoms with E-state index in [-0.39, 0.29) is 5.97 Å². The van der Waals surface area contributed by atoms with Crippen LogP contribution in [-0.2, 0) is 35.0 Å². The van der Waals surface area contributed by atoms with Crippen molar-refractivity contribution in [2.75, 3.05) is 21.3 Å². The highest BCUT2D eigenvalue weighted by atomic mass is 35.5. The van der Waals surface area contributed by atoms with Gasteiger partial charge in [-0.3, -0.25) is 14.4 Å². The maximum absolute atomic E-state index is 11.4. The van der Waals surface area contributed by atoms with Crippen LogP contribution in [0.2, 0.25) is 10.0 Å². The summed E-state index contributed by atoms with van der Waals surface area (Å²) in [4.78, 5) is 33.7. The maximum atomic E-state index is 11.4. The average Bonchev–Trinajstić information content (AvgIpc) is 2.71. The topological polar surface area (TPSA) is 78.9 Å². The number of carbonyl (C=O) groups excluding carboxylic acids is 3. The predicted octanol–water partition coefficient (Wildman–Crippen LogP) is 3.83. The molecule has 0 N–H and O–H groups in total. The largest absolute Gasteiger partial charge is 0.469 e. The first-order valence-electron chi connectivity index (χ1n) is 8.04. The van der Waals surface area contributed by atoms with Gasteiger partial charge < -0.3 is 14.2 Å². The molecular formula is C20H20Cl2O6. The minimum Gasteiger partial charge on any atom is -0.469 e. The van der Waals surface area contributed by atoms with Gasteiger partial charge in [-0.1, -0.05) is 47.5 Å². The van der Waals surface area contributed by atoms with Crippen LogP contribution in [0.5, 0.6) is 0 Å². The molecule has 0 unspecified atom stereocenters. The Hall–Kier alpha value is -2.57. The lowest BCUT2D eigenvalue weighted by molar-refractivity contribution is -0.154. The minimum atomic E-state index is -1.06. The Morgan fingerprint density at radius 3 is 1.57 bits per heavy atom. The summed E-state index contributed by atoms with van der Waals surface area (Å²) in [6, 6.07) is 13.5. The lowest BCUT2D eigenvalue weighted by Crippen LogP contribution is -2.24. The monoisotopic (exact) mass is 426 g/mol. The Bertz CT molecular complexity index is 771. The van der Waals surface area contributed by atoms with Crippen LogP contribution in [-0.4, -0.2) is 39.2 Å². The summed E-state index contributed by atoms with van der Waals surface area (Å²) in [6.45, 7) is 0. The molecule has 6 nitrogen and oxygen atoms in total. The van der Waals surface area contributed by atoms with E-state index in [1.807, 2.05) is 0 Å². The quantitative estimate of drug-likeness (QED) is 0.410. The van der Waals surface area contributed by atoms with E-state index in [1.54, 1.807) is 48.5 Å². The van der Waals surface area contributed by atoms with Crippen LogP contribution >= 0.6 is 23.2 Å². The number of hydrogen-bond donors (Lipinski definition) is 0. The zero-order valence-electron chi connectivity index (χ0n) is 15.6.